The predicted octanol–water partition coefficient (Wildman–Crippen LogP) is 1.08. The zero-order valence-electron chi connectivity index (χ0n) is 11.8. The van der Waals surface area contributed by atoms with Gasteiger partial charge in [0, 0.05) is 50.4 Å². The summed E-state index contributed by atoms with van der Waals surface area (Å²) >= 11 is 0. The molecule has 4 nitrogen and oxygen atoms in total. The molecule has 1 N–H and O–H groups in total. The van der Waals surface area contributed by atoms with Gasteiger partial charge in [-0.2, -0.15) is 0 Å². The quantitative estimate of drug-likeness (QED) is 0.887. The number of halogens is 2. The van der Waals surface area contributed by atoms with Crippen LogP contribution in [0, 0.1) is 11.6 Å². The highest BCUT2D eigenvalue weighted by atomic mass is 19.1. The second kappa shape index (κ2) is 6.07. The Hall–Kier alpha value is -1.53. The highest BCUT2D eigenvalue weighted by molar-refractivity contribution is 5.94. The first kappa shape index (κ1) is 14.4. The Morgan fingerprint density at radius 3 is 2.33 bits per heavy atom. The van der Waals surface area contributed by atoms with E-state index in [1.165, 1.54) is 0 Å². The third-order valence-electron chi connectivity index (χ3n) is 4.26. The molecular weight excluding hydrogens is 276 g/mol. The van der Waals surface area contributed by atoms with Crippen molar-refractivity contribution in [3.05, 3.63) is 35.4 Å². The molecule has 1 amide bonds. The molecule has 1 aromatic carbocycles. The summed E-state index contributed by atoms with van der Waals surface area (Å²) in [6.45, 7) is 4.89. The minimum atomic E-state index is -0.714. The molecule has 114 valence electrons. The van der Waals surface area contributed by atoms with Gasteiger partial charge < -0.3 is 10.2 Å². The van der Waals surface area contributed by atoms with E-state index in [1.54, 1.807) is 4.90 Å². The largest absolute Gasteiger partial charge is 0.336 e. The minimum absolute atomic E-state index is 0.0866. The van der Waals surface area contributed by atoms with Crippen LogP contribution in [0.2, 0.25) is 0 Å². The monoisotopic (exact) mass is 295 g/mol. The maximum absolute atomic E-state index is 13.2. The molecule has 0 saturated carbocycles. The molecule has 2 aliphatic heterocycles. The summed E-state index contributed by atoms with van der Waals surface area (Å²) in [4.78, 5) is 16.4. The van der Waals surface area contributed by atoms with Gasteiger partial charge in [-0.1, -0.05) is 0 Å². The Bertz CT molecular complexity index is 503. The van der Waals surface area contributed by atoms with Crippen molar-refractivity contribution < 1.29 is 13.6 Å². The maximum atomic E-state index is 13.2. The van der Waals surface area contributed by atoms with Crippen LogP contribution in [0.4, 0.5) is 8.78 Å². The molecule has 0 aliphatic carbocycles. The van der Waals surface area contributed by atoms with Crippen LogP contribution in [-0.4, -0.2) is 61.0 Å². The Morgan fingerprint density at radius 1 is 1.10 bits per heavy atom. The van der Waals surface area contributed by atoms with Gasteiger partial charge in [-0.05, 0) is 25.1 Å². The average Bonchev–Trinajstić information content (AvgIpc) is 3.00. The summed E-state index contributed by atoms with van der Waals surface area (Å²) in [7, 11) is 0. The van der Waals surface area contributed by atoms with E-state index in [0.29, 0.717) is 19.1 Å². The fourth-order valence-electron chi connectivity index (χ4n) is 3.10. The third kappa shape index (κ3) is 3.22. The molecule has 1 atom stereocenters. The highest BCUT2D eigenvalue weighted by Crippen LogP contribution is 2.15. The van der Waals surface area contributed by atoms with Crippen LogP contribution in [0.1, 0.15) is 16.8 Å². The summed E-state index contributed by atoms with van der Waals surface area (Å²) in [6.07, 6.45) is 1.14. The summed E-state index contributed by atoms with van der Waals surface area (Å²) in [5, 5.41) is 3.34. The van der Waals surface area contributed by atoms with Gasteiger partial charge in [0.15, 0.2) is 0 Å². The van der Waals surface area contributed by atoms with Crippen LogP contribution >= 0.6 is 0 Å². The Kier molecular flexibility index (Phi) is 4.17. The SMILES string of the molecule is O=C(c1cc(F)cc(F)c1)N1CCN(C2CCNC2)CC1. The van der Waals surface area contributed by atoms with Crippen molar-refractivity contribution in [2.75, 3.05) is 39.3 Å². The van der Waals surface area contributed by atoms with Crippen LogP contribution < -0.4 is 5.32 Å². The normalized spacial score (nSPS) is 23.5. The molecule has 1 unspecified atom stereocenters. The van der Waals surface area contributed by atoms with E-state index >= 15 is 0 Å². The van der Waals surface area contributed by atoms with E-state index in [9.17, 15) is 13.6 Å². The molecule has 21 heavy (non-hydrogen) atoms. The predicted molar refractivity (Wildman–Crippen MR) is 75.1 cm³/mol. The van der Waals surface area contributed by atoms with Gasteiger partial charge >= 0.3 is 0 Å². The number of carbonyl (C=O) groups is 1. The molecule has 2 aliphatic rings. The number of hydrogen-bond acceptors (Lipinski definition) is 3. The number of nitrogens with zero attached hydrogens (tertiary/aromatic N) is 2. The van der Waals surface area contributed by atoms with E-state index in [2.05, 4.69) is 10.2 Å². The number of hydrogen-bond donors (Lipinski definition) is 1. The van der Waals surface area contributed by atoms with Crippen molar-refractivity contribution in [3.63, 3.8) is 0 Å². The molecule has 2 saturated heterocycles. The lowest BCUT2D eigenvalue weighted by Crippen LogP contribution is -2.52. The fraction of sp³-hybridized carbons (Fsp3) is 0.533. The average molecular weight is 295 g/mol. The topological polar surface area (TPSA) is 35.6 Å². The van der Waals surface area contributed by atoms with E-state index in [0.717, 1.165) is 50.8 Å². The zero-order chi connectivity index (χ0) is 14.8. The molecule has 2 fully saturated rings. The first-order chi connectivity index (χ1) is 10.1. The van der Waals surface area contributed by atoms with Gasteiger partial charge in [0.2, 0.25) is 0 Å². The molecule has 0 aromatic heterocycles. The molecular formula is C15H19F2N3O. The van der Waals surface area contributed by atoms with Gasteiger partial charge in [0.05, 0.1) is 0 Å². The second-order valence-electron chi connectivity index (χ2n) is 5.63. The van der Waals surface area contributed by atoms with Gasteiger partial charge in [0.1, 0.15) is 11.6 Å². The number of piperazine rings is 1. The molecule has 6 heteroatoms. The second-order valence-corrected chi connectivity index (χ2v) is 5.63. The van der Waals surface area contributed by atoms with Crippen molar-refractivity contribution >= 4 is 5.91 Å². The summed E-state index contributed by atoms with van der Waals surface area (Å²) < 4.78 is 26.4. The van der Waals surface area contributed by atoms with Gasteiger partial charge in [-0.3, -0.25) is 9.69 Å². The smallest absolute Gasteiger partial charge is 0.254 e. The third-order valence-corrected chi connectivity index (χ3v) is 4.26. The Morgan fingerprint density at radius 2 is 1.76 bits per heavy atom. The van der Waals surface area contributed by atoms with Gasteiger partial charge in [0.25, 0.3) is 5.91 Å². The molecule has 0 bridgehead atoms. The lowest BCUT2D eigenvalue weighted by atomic mass is 10.1. The standard InChI is InChI=1S/C15H19F2N3O/c16-12-7-11(8-13(17)9-12)15(21)20-5-3-19(4-6-20)14-1-2-18-10-14/h7-9,14,18H,1-6,10H2. The van der Waals surface area contributed by atoms with E-state index in [4.69, 9.17) is 0 Å². The van der Waals surface area contributed by atoms with Crippen LogP contribution in [0.25, 0.3) is 0 Å². The highest BCUT2D eigenvalue weighted by Gasteiger charge is 2.28. The number of carbonyl (C=O) groups excluding carboxylic acids is 1. The van der Waals surface area contributed by atoms with Gasteiger partial charge in [-0.15, -0.1) is 0 Å². The van der Waals surface area contributed by atoms with Crippen molar-refractivity contribution in [1.82, 2.24) is 15.1 Å². The summed E-state index contributed by atoms with van der Waals surface area (Å²) in [5.41, 5.74) is 0.0866. The van der Waals surface area contributed by atoms with Crippen molar-refractivity contribution in [1.29, 1.82) is 0 Å². The molecule has 0 radical (unpaired) electrons. The number of amides is 1. The van der Waals surface area contributed by atoms with E-state index in [-0.39, 0.29) is 11.5 Å². The fourth-order valence-corrected chi connectivity index (χ4v) is 3.10. The van der Waals surface area contributed by atoms with Crippen LogP contribution in [0.5, 0.6) is 0 Å². The van der Waals surface area contributed by atoms with Crippen molar-refractivity contribution in [2.45, 2.75) is 12.5 Å². The van der Waals surface area contributed by atoms with E-state index < -0.39 is 11.6 Å². The first-order valence-corrected chi connectivity index (χ1v) is 7.33. The number of nitrogens with one attached hydrogen (secondary N) is 1. The molecule has 1 aromatic rings. The lowest BCUT2D eigenvalue weighted by molar-refractivity contribution is 0.0583. The number of rotatable bonds is 2. The van der Waals surface area contributed by atoms with E-state index in [1.807, 2.05) is 0 Å². The van der Waals surface area contributed by atoms with Crippen molar-refractivity contribution in [3.8, 4) is 0 Å². The summed E-state index contributed by atoms with van der Waals surface area (Å²) in [5.74, 6) is -1.72. The van der Waals surface area contributed by atoms with Crippen LogP contribution in [0.15, 0.2) is 18.2 Å². The first-order valence-electron chi connectivity index (χ1n) is 7.33. The Balaban J connectivity index is 1.62. The van der Waals surface area contributed by atoms with Crippen molar-refractivity contribution in [2.24, 2.45) is 0 Å². The zero-order valence-corrected chi connectivity index (χ0v) is 11.8. The minimum Gasteiger partial charge on any atom is -0.336 e. The lowest BCUT2D eigenvalue weighted by Gasteiger charge is -2.37. The molecule has 3 rings (SSSR count). The molecule has 0 spiro atoms. The van der Waals surface area contributed by atoms with Crippen LogP contribution in [0.3, 0.4) is 0 Å². The van der Waals surface area contributed by atoms with Gasteiger partial charge in [-0.25, -0.2) is 8.78 Å². The Labute approximate surface area is 122 Å². The molecule has 2 heterocycles. The number of benzene rings is 1. The van der Waals surface area contributed by atoms with Crippen LogP contribution in [-0.2, 0) is 0 Å². The maximum Gasteiger partial charge on any atom is 0.254 e. The summed E-state index contributed by atoms with van der Waals surface area (Å²) in [6, 6.07) is 3.52.